The number of carbonyl (C=O) groups is 1. The fourth-order valence-electron chi connectivity index (χ4n) is 2.53. The zero-order valence-corrected chi connectivity index (χ0v) is 12.6. The fraction of sp³-hybridized carbons (Fsp3) is 0.562. The number of hydrogen-bond acceptors (Lipinski definition) is 3. The Morgan fingerprint density at radius 3 is 2.95 bits per heavy atom. The number of anilines is 1. The van der Waals surface area contributed by atoms with E-state index in [9.17, 15) is 4.79 Å². The second kappa shape index (κ2) is 6.75. The number of amides is 1. The summed E-state index contributed by atoms with van der Waals surface area (Å²) in [7, 11) is 1.86. The lowest BCUT2D eigenvalue weighted by Crippen LogP contribution is -2.36. The highest BCUT2D eigenvalue weighted by Gasteiger charge is 2.28. The van der Waals surface area contributed by atoms with E-state index in [2.05, 4.69) is 5.32 Å². The molecule has 4 nitrogen and oxygen atoms in total. The van der Waals surface area contributed by atoms with Crippen LogP contribution in [0.15, 0.2) is 24.3 Å². The van der Waals surface area contributed by atoms with Crippen LogP contribution in [0.3, 0.4) is 0 Å². The number of carbonyl (C=O) groups excluding carboxylic acids is 1. The predicted molar refractivity (Wildman–Crippen MR) is 81.0 cm³/mol. The maximum absolute atomic E-state index is 12.6. The minimum absolute atomic E-state index is 0.0310. The van der Waals surface area contributed by atoms with Crippen LogP contribution in [0.2, 0.25) is 0 Å². The van der Waals surface area contributed by atoms with Crippen LogP contribution in [0, 0.1) is 0 Å². The number of ether oxygens (including phenoxy) is 1. The molecule has 0 fully saturated rings. The first kappa shape index (κ1) is 14.9. The van der Waals surface area contributed by atoms with Gasteiger partial charge >= 0.3 is 0 Å². The molecule has 1 aromatic carbocycles. The van der Waals surface area contributed by atoms with Crippen molar-refractivity contribution in [2.45, 2.75) is 32.3 Å². The average molecular weight is 276 g/mol. The first-order valence-electron chi connectivity index (χ1n) is 7.29. The molecule has 1 amide bonds. The van der Waals surface area contributed by atoms with E-state index in [0.29, 0.717) is 13.2 Å². The van der Waals surface area contributed by atoms with Gasteiger partial charge in [-0.15, -0.1) is 0 Å². The molecule has 0 aromatic heterocycles. The highest BCUT2D eigenvalue weighted by atomic mass is 16.5. The molecular formula is C16H24N2O2. The van der Waals surface area contributed by atoms with Crippen LogP contribution in [-0.4, -0.2) is 43.7 Å². The van der Waals surface area contributed by atoms with Gasteiger partial charge in [0.2, 0.25) is 5.91 Å². The number of para-hydroxylation sites is 1. The zero-order valence-electron chi connectivity index (χ0n) is 12.6. The van der Waals surface area contributed by atoms with E-state index < -0.39 is 0 Å². The van der Waals surface area contributed by atoms with Crippen molar-refractivity contribution in [2.75, 3.05) is 32.1 Å². The second-order valence-electron chi connectivity index (χ2n) is 5.53. The third-order valence-electron chi connectivity index (χ3n) is 3.64. The van der Waals surface area contributed by atoms with E-state index >= 15 is 0 Å². The SMILES string of the molecule is CC(C)OCCN(C)C(=O)C1CCNc2ccccc21. The number of benzene rings is 1. The van der Waals surface area contributed by atoms with Gasteiger partial charge in [0.25, 0.3) is 0 Å². The largest absolute Gasteiger partial charge is 0.385 e. The maximum atomic E-state index is 12.6. The van der Waals surface area contributed by atoms with Crippen LogP contribution in [0.5, 0.6) is 0 Å². The maximum Gasteiger partial charge on any atom is 0.230 e. The Labute approximate surface area is 121 Å². The Bertz CT molecular complexity index is 460. The van der Waals surface area contributed by atoms with Gasteiger partial charge in [0.15, 0.2) is 0 Å². The average Bonchev–Trinajstić information content (AvgIpc) is 2.45. The summed E-state index contributed by atoms with van der Waals surface area (Å²) in [4.78, 5) is 14.4. The van der Waals surface area contributed by atoms with Crippen molar-refractivity contribution in [1.29, 1.82) is 0 Å². The number of nitrogens with zero attached hydrogens (tertiary/aromatic N) is 1. The number of hydrogen-bond donors (Lipinski definition) is 1. The van der Waals surface area contributed by atoms with Gasteiger partial charge in [-0.3, -0.25) is 4.79 Å². The van der Waals surface area contributed by atoms with Crippen LogP contribution < -0.4 is 5.32 Å². The molecule has 1 N–H and O–H groups in total. The second-order valence-corrected chi connectivity index (χ2v) is 5.53. The highest BCUT2D eigenvalue weighted by molar-refractivity contribution is 5.86. The number of rotatable bonds is 5. The zero-order chi connectivity index (χ0) is 14.5. The van der Waals surface area contributed by atoms with Gasteiger partial charge in [0.1, 0.15) is 0 Å². The fourth-order valence-corrected chi connectivity index (χ4v) is 2.53. The third-order valence-corrected chi connectivity index (χ3v) is 3.64. The van der Waals surface area contributed by atoms with Gasteiger partial charge < -0.3 is 15.0 Å². The lowest BCUT2D eigenvalue weighted by atomic mass is 9.90. The van der Waals surface area contributed by atoms with E-state index in [0.717, 1.165) is 24.2 Å². The molecule has 20 heavy (non-hydrogen) atoms. The van der Waals surface area contributed by atoms with Crippen molar-refractivity contribution in [1.82, 2.24) is 4.90 Å². The minimum Gasteiger partial charge on any atom is -0.385 e. The van der Waals surface area contributed by atoms with Gasteiger partial charge in [-0.2, -0.15) is 0 Å². The Kier molecular flexibility index (Phi) is 5.01. The molecule has 1 aliphatic rings. The highest BCUT2D eigenvalue weighted by Crippen LogP contribution is 2.32. The van der Waals surface area contributed by atoms with E-state index in [-0.39, 0.29) is 17.9 Å². The first-order valence-corrected chi connectivity index (χ1v) is 7.29. The van der Waals surface area contributed by atoms with Crippen LogP contribution in [0.4, 0.5) is 5.69 Å². The summed E-state index contributed by atoms with van der Waals surface area (Å²) < 4.78 is 5.51. The summed E-state index contributed by atoms with van der Waals surface area (Å²) in [5, 5.41) is 3.35. The van der Waals surface area contributed by atoms with Crippen LogP contribution in [0.25, 0.3) is 0 Å². The summed E-state index contributed by atoms with van der Waals surface area (Å²) in [5.74, 6) is 0.155. The van der Waals surface area contributed by atoms with E-state index in [1.54, 1.807) is 4.90 Å². The number of fused-ring (bicyclic) bond motifs is 1. The summed E-state index contributed by atoms with van der Waals surface area (Å²) in [6.07, 6.45) is 1.06. The normalized spacial score (nSPS) is 17.5. The van der Waals surface area contributed by atoms with Crippen LogP contribution in [0.1, 0.15) is 31.7 Å². The smallest absolute Gasteiger partial charge is 0.230 e. The van der Waals surface area contributed by atoms with Crippen LogP contribution >= 0.6 is 0 Å². The van der Waals surface area contributed by atoms with E-state index in [1.165, 1.54) is 0 Å². The molecule has 110 valence electrons. The molecule has 0 saturated heterocycles. The van der Waals surface area contributed by atoms with Crippen molar-refractivity contribution in [3.8, 4) is 0 Å². The molecule has 2 rings (SSSR count). The minimum atomic E-state index is -0.0310. The van der Waals surface area contributed by atoms with Gasteiger partial charge in [-0.1, -0.05) is 18.2 Å². The van der Waals surface area contributed by atoms with E-state index in [4.69, 9.17) is 4.74 Å². The predicted octanol–water partition coefficient (Wildman–Crippen LogP) is 2.47. The standard InChI is InChI=1S/C16H24N2O2/c1-12(2)20-11-10-18(3)16(19)14-8-9-17-15-7-5-4-6-13(14)15/h4-7,12,14,17H,8-11H2,1-3H3. The van der Waals surface area contributed by atoms with Gasteiger partial charge in [0.05, 0.1) is 18.6 Å². The Balaban J connectivity index is 1.99. The molecular weight excluding hydrogens is 252 g/mol. The molecule has 0 spiro atoms. The quantitative estimate of drug-likeness (QED) is 0.898. The van der Waals surface area contributed by atoms with Gasteiger partial charge in [-0.25, -0.2) is 0 Å². The van der Waals surface area contributed by atoms with Crippen LogP contribution in [-0.2, 0) is 9.53 Å². The molecule has 0 saturated carbocycles. The molecule has 1 heterocycles. The lowest BCUT2D eigenvalue weighted by Gasteiger charge is -2.29. The Hall–Kier alpha value is -1.55. The summed E-state index contributed by atoms with van der Waals surface area (Å²) >= 11 is 0. The van der Waals surface area contributed by atoms with Crippen molar-refractivity contribution >= 4 is 11.6 Å². The van der Waals surface area contributed by atoms with Crippen molar-refractivity contribution in [3.05, 3.63) is 29.8 Å². The van der Waals surface area contributed by atoms with Crippen molar-refractivity contribution in [2.24, 2.45) is 0 Å². The van der Waals surface area contributed by atoms with Gasteiger partial charge in [-0.05, 0) is 31.9 Å². The van der Waals surface area contributed by atoms with Gasteiger partial charge in [0, 0.05) is 25.8 Å². The number of likely N-dealkylation sites (N-methyl/N-ethyl adjacent to an activating group) is 1. The number of nitrogens with one attached hydrogen (secondary N) is 1. The molecule has 1 aliphatic heterocycles. The monoisotopic (exact) mass is 276 g/mol. The molecule has 4 heteroatoms. The lowest BCUT2D eigenvalue weighted by molar-refractivity contribution is -0.132. The molecule has 0 bridgehead atoms. The topological polar surface area (TPSA) is 41.6 Å². The van der Waals surface area contributed by atoms with E-state index in [1.807, 2.05) is 45.2 Å². The summed E-state index contributed by atoms with van der Waals surface area (Å²) in [5.41, 5.74) is 2.20. The van der Waals surface area contributed by atoms with Crippen molar-refractivity contribution < 1.29 is 9.53 Å². The molecule has 0 radical (unpaired) electrons. The Morgan fingerprint density at radius 1 is 1.45 bits per heavy atom. The first-order chi connectivity index (χ1) is 9.59. The molecule has 1 atom stereocenters. The summed E-state index contributed by atoms with van der Waals surface area (Å²) in [6.45, 7) is 6.09. The summed E-state index contributed by atoms with van der Waals surface area (Å²) in [6, 6.07) is 8.08. The third kappa shape index (κ3) is 3.51. The molecule has 1 aromatic rings. The Morgan fingerprint density at radius 2 is 2.20 bits per heavy atom. The van der Waals surface area contributed by atoms with Crippen molar-refractivity contribution in [3.63, 3.8) is 0 Å². The molecule has 1 unspecified atom stereocenters. The molecule has 0 aliphatic carbocycles.